The van der Waals surface area contributed by atoms with E-state index in [9.17, 15) is 22.8 Å². The standard InChI is InChI=1S/C13H8F3NO4/c14-13(15,16)21-10-6-2-1-5-9(10)17-7-3-4-8(11(17)18)12(19)20/h1-7H,(H,19,20). The number of halogens is 3. The van der Waals surface area contributed by atoms with Crippen LogP contribution in [0.25, 0.3) is 5.69 Å². The minimum absolute atomic E-state index is 0.206. The number of para-hydroxylation sites is 2. The predicted octanol–water partition coefficient (Wildman–Crippen LogP) is 2.43. The third-order valence-corrected chi connectivity index (χ3v) is 2.53. The molecule has 0 bridgehead atoms. The quantitative estimate of drug-likeness (QED) is 0.945. The second-order valence-electron chi connectivity index (χ2n) is 3.92. The molecule has 1 heterocycles. The van der Waals surface area contributed by atoms with Crippen LogP contribution < -0.4 is 10.3 Å². The fourth-order valence-corrected chi connectivity index (χ4v) is 1.71. The molecule has 110 valence electrons. The van der Waals surface area contributed by atoms with Crippen LogP contribution in [0, 0.1) is 0 Å². The zero-order chi connectivity index (χ0) is 15.6. The number of benzene rings is 1. The Hall–Kier alpha value is -2.77. The molecule has 0 radical (unpaired) electrons. The minimum atomic E-state index is -4.93. The summed E-state index contributed by atoms with van der Waals surface area (Å²) in [5.41, 5.74) is -1.72. The fraction of sp³-hybridized carbons (Fsp3) is 0.0769. The lowest BCUT2D eigenvalue weighted by Gasteiger charge is -2.14. The number of nitrogens with zero attached hydrogens (tertiary/aromatic N) is 1. The van der Waals surface area contributed by atoms with Gasteiger partial charge in [-0.05, 0) is 24.3 Å². The van der Waals surface area contributed by atoms with Gasteiger partial charge in [-0.15, -0.1) is 13.2 Å². The molecule has 5 nitrogen and oxygen atoms in total. The number of pyridine rings is 1. The third kappa shape index (κ3) is 3.22. The maximum atomic E-state index is 12.3. The summed E-state index contributed by atoms with van der Waals surface area (Å²) in [6, 6.07) is 7.26. The maximum Gasteiger partial charge on any atom is 0.573 e. The van der Waals surface area contributed by atoms with Crippen molar-refractivity contribution in [2.24, 2.45) is 0 Å². The third-order valence-electron chi connectivity index (χ3n) is 2.53. The van der Waals surface area contributed by atoms with Gasteiger partial charge in [-0.3, -0.25) is 9.36 Å². The van der Waals surface area contributed by atoms with Gasteiger partial charge in [0, 0.05) is 6.20 Å². The van der Waals surface area contributed by atoms with Crippen molar-refractivity contribution >= 4 is 5.97 Å². The van der Waals surface area contributed by atoms with Gasteiger partial charge in [-0.25, -0.2) is 4.79 Å². The smallest absolute Gasteiger partial charge is 0.477 e. The summed E-state index contributed by atoms with van der Waals surface area (Å²) in [4.78, 5) is 22.9. The van der Waals surface area contributed by atoms with Crippen LogP contribution in [-0.4, -0.2) is 22.0 Å². The number of carboxylic acid groups (broad SMARTS) is 1. The van der Waals surface area contributed by atoms with Crippen molar-refractivity contribution in [3.05, 3.63) is 58.5 Å². The summed E-state index contributed by atoms with van der Waals surface area (Å²) >= 11 is 0. The molecule has 21 heavy (non-hydrogen) atoms. The second-order valence-corrected chi connectivity index (χ2v) is 3.92. The molecule has 0 unspecified atom stereocenters. The summed E-state index contributed by atoms with van der Waals surface area (Å²) in [6.45, 7) is 0. The van der Waals surface area contributed by atoms with Crippen LogP contribution in [0.3, 0.4) is 0 Å². The summed E-state index contributed by atoms with van der Waals surface area (Å²) in [6.07, 6.45) is -3.77. The van der Waals surface area contributed by atoms with Gasteiger partial charge in [-0.2, -0.15) is 0 Å². The second kappa shape index (κ2) is 5.31. The van der Waals surface area contributed by atoms with Gasteiger partial charge in [0.2, 0.25) is 0 Å². The van der Waals surface area contributed by atoms with E-state index >= 15 is 0 Å². The first-order chi connectivity index (χ1) is 9.79. The number of carboxylic acids is 1. The number of rotatable bonds is 3. The molecule has 0 aliphatic rings. The van der Waals surface area contributed by atoms with Crippen LogP contribution >= 0.6 is 0 Å². The molecule has 8 heteroatoms. The highest BCUT2D eigenvalue weighted by molar-refractivity contribution is 5.87. The van der Waals surface area contributed by atoms with Crippen molar-refractivity contribution in [3.63, 3.8) is 0 Å². The van der Waals surface area contributed by atoms with Crippen molar-refractivity contribution in [2.75, 3.05) is 0 Å². The van der Waals surface area contributed by atoms with Gasteiger partial charge >= 0.3 is 12.3 Å². The first kappa shape index (κ1) is 14.6. The average molecular weight is 299 g/mol. The van der Waals surface area contributed by atoms with E-state index in [0.717, 1.165) is 22.9 Å². The van der Waals surface area contributed by atoms with Crippen LogP contribution in [-0.2, 0) is 0 Å². The van der Waals surface area contributed by atoms with E-state index in [1.807, 2.05) is 0 Å². The Morgan fingerprint density at radius 2 is 1.81 bits per heavy atom. The van der Waals surface area contributed by atoms with Crippen LogP contribution in [0.1, 0.15) is 10.4 Å². The maximum absolute atomic E-state index is 12.3. The van der Waals surface area contributed by atoms with Gasteiger partial charge < -0.3 is 9.84 Å². The van der Waals surface area contributed by atoms with E-state index in [1.165, 1.54) is 24.3 Å². The number of hydrogen-bond donors (Lipinski definition) is 1. The van der Waals surface area contributed by atoms with E-state index in [4.69, 9.17) is 5.11 Å². The molecule has 0 spiro atoms. The van der Waals surface area contributed by atoms with Gasteiger partial charge in [0.05, 0.1) is 5.69 Å². The fourth-order valence-electron chi connectivity index (χ4n) is 1.71. The number of aromatic nitrogens is 1. The van der Waals surface area contributed by atoms with E-state index in [0.29, 0.717) is 0 Å². The molecular formula is C13H8F3NO4. The predicted molar refractivity (Wildman–Crippen MR) is 65.7 cm³/mol. The lowest BCUT2D eigenvalue weighted by atomic mass is 10.2. The molecule has 0 fully saturated rings. The SMILES string of the molecule is O=C(O)c1cccn(-c2ccccc2OC(F)(F)F)c1=O. The van der Waals surface area contributed by atoms with Crippen molar-refractivity contribution in [1.29, 1.82) is 0 Å². The Kier molecular flexibility index (Phi) is 3.70. The molecule has 0 saturated carbocycles. The molecule has 1 N–H and O–H groups in total. The highest BCUT2D eigenvalue weighted by Gasteiger charge is 2.32. The Bertz CT molecular complexity index is 737. The number of alkyl halides is 3. The Morgan fingerprint density at radius 3 is 2.43 bits per heavy atom. The Morgan fingerprint density at radius 1 is 1.14 bits per heavy atom. The van der Waals surface area contributed by atoms with Gasteiger partial charge in [0.1, 0.15) is 5.56 Å². The van der Waals surface area contributed by atoms with Crippen molar-refractivity contribution < 1.29 is 27.8 Å². The zero-order valence-electron chi connectivity index (χ0n) is 10.3. The number of ether oxygens (including phenoxy) is 1. The Balaban J connectivity index is 2.61. The molecule has 1 aromatic carbocycles. The lowest BCUT2D eigenvalue weighted by molar-refractivity contribution is -0.274. The highest BCUT2D eigenvalue weighted by Crippen LogP contribution is 2.28. The van der Waals surface area contributed by atoms with Crippen molar-refractivity contribution in [1.82, 2.24) is 4.57 Å². The van der Waals surface area contributed by atoms with Crippen molar-refractivity contribution in [2.45, 2.75) is 6.36 Å². The monoisotopic (exact) mass is 299 g/mol. The van der Waals surface area contributed by atoms with Crippen LogP contribution in [0.5, 0.6) is 5.75 Å². The van der Waals surface area contributed by atoms with Crippen LogP contribution in [0.4, 0.5) is 13.2 Å². The van der Waals surface area contributed by atoms with Crippen molar-refractivity contribution in [3.8, 4) is 11.4 Å². The largest absolute Gasteiger partial charge is 0.573 e. The first-order valence-corrected chi connectivity index (χ1v) is 5.60. The Labute approximate surface area is 115 Å². The molecule has 2 rings (SSSR count). The number of carbonyl (C=O) groups is 1. The molecule has 0 amide bonds. The summed E-state index contributed by atoms with van der Waals surface area (Å²) in [5, 5.41) is 8.87. The lowest BCUT2D eigenvalue weighted by Crippen LogP contribution is -2.26. The molecule has 0 saturated heterocycles. The van der Waals surface area contributed by atoms with E-state index < -0.39 is 29.2 Å². The molecule has 0 aliphatic carbocycles. The summed E-state index contributed by atoms with van der Waals surface area (Å²) < 4.78 is 41.6. The summed E-state index contributed by atoms with van der Waals surface area (Å²) in [5.74, 6) is -2.07. The first-order valence-electron chi connectivity index (χ1n) is 5.60. The normalized spacial score (nSPS) is 11.2. The molecule has 0 atom stereocenters. The van der Waals surface area contributed by atoms with E-state index in [-0.39, 0.29) is 5.69 Å². The average Bonchev–Trinajstić information content (AvgIpc) is 2.38. The molecule has 2 aromatic rings. The topological polar surface area (TPSA) is 68.5 Å². The van der Waals surface area contributed by atoms with Crippen LogP contribution in [0.15, 0.2) is 47.4 Å². The number of hydrogen-bond acceptors (Lipinski definition) is 3. The number of aromatic carboxylic acids is 1. The zero-order valence-corrected chi connectivity index (χ0v) is 10.3. The molecule has 0 aliphatic heterocycles. The van der Waals surface area contributed by atoms with Gasteiger partial charge in [-0.1, -0.05) is 12.1 Å². The molecular weight excluding hydrogens is 291 g/mol. The van der Waals surface area contributed by atoms with Crippen LogP contribution in [0.2, 0.25) is 0 Å². The van der Waals surface area contributed by atoms with E-state index in [2.05, 4.69) is 4.74 Å². The van der Waals surface area contributed by atoms with Gasteiger partial charge in [0.15, 0.2) is 5.75 Å². The van der Waals surface area contributed by atoms with Gasteiger partial charge in [0.25, 0.3) is 5.56 Å². The molecule has 1 aromatic heterocycles. The minimum Gasteiger partial charge on any atom is -0.477 e. The highest BCUT2D eigenvalue weighted by atomic mass is 19.4. The summed E-state index contributed by atoms with van der Waals surface area (Å²) in [7, 11) is 0. The van der Waals surface area contributed by atoms with E-state index in [1.54, 1.807) is 0 Å².